The van der Waals surface area contributed by atoms with Crippen LogP contribution in [-0.4, -0.2) is 0 Å². The Hall–Kier alpha value is -0.937. The van der Waals surface area contributed by atoms with E-state index in [1.165, 1.54) is 54.4 Å². The van der Waals surface area contributed by atoms with Crippen molar-refractivity contribution < 1.29 is 24.7 Å². The van der Waals surface area contributed by atoms with Crippen molar-refractivity contribution >= 4 is 6.08 Å². The summed E-state index contributed by atoms with van der Waals surface area (Å²) >= 11 is 1.64. The van der Waals surface area contributed by atoms with E-state index in [0.717, 1.165) is 0 Å². The van der Waals surface area contributed by atoms with Gasteiger partial charge in [-0.2, -0.15) is 0 Å². The molecule has 0 heterocycles. The van der Waals surface area contributed by atoms with E-state index in [0.29, 0.717) is 9.04 Å². The van der Waals surface area contributed by atoms with Gasteiger partial charge in [-0.15, -0.1) is 0 Å². The number of hydrogen-bond donors (Lipinski definition) is 0. The van der Waals surface area contributed by atoms with Crippen LogP contribution in [0.4, 0.5) is 0 Å². The fraction of sp³-hybridized carbons (Fsp3) is 0.391. The molecule has 2 aliphatic rings. The third-order valence-corrected chi connectivity index (χ3v) is 7.93. The van der Waals surface area contributed by atoms with Crippen LogP contribution in [0.15, 0.2) is 48.0 Å². The molecule has 2 aromatic rings. The van der Waals surface area contributed by atoms with E-state index in [1.54, 1.807) is 35.9 Å². The van der Waals surface area contributed by atoms with Crippen molar-refractivity contribution in [1.82, 2.24) is 0 Å². The van der Waals surface area contributed by atoms with Gasteiger partial charge in [0.2, 0.25) is 0 Å². The van der Waals surface area contributed by atoms with Crippen molar-refractivity contribution in [3.63, 3.8) is 0 Å². The maximum atomic E-state index is 2.54. The third-order valence-electron chi connectivity index (χ3n) is 6.26. The van der Waals surface area contributed by atoms with Gasteiger partial charge in [0.1, 0.15) is 0 Å². The molecule has 0 N–H and O–H groups in total. The molecule has 0 amide bonds. The summed E-state index contributed by atoms with van der Waals surface area (Å²) in [6.07, 6.45) is 9.51. The van der Waals surface area contributed by atoms with E-state index in [9.17, 15) is 0 Å². The molecule has 121 valence electrons. The normalized spacial score (nSPS) is 21.0. The Bertz CT molecular complexity index is 773. The number of allylic oxidation sites excluding steroid dienone is 1. The zero-order chi connectivity index (χ0) is 16.7. The summed E-state index contributed by atoms with van der Waals surface area (Å²) in [6.45, 7) is 4.54. The van der Waals surface area contributed by atoms with Gasteiger partial charge in [-0.05, 0) is 0 Å². The van der Waals surface area contributed by atoms with Crippen molar-refractivity contribution in [2.45, 2.75) is 49.6 Å². The van der Waals surface area contributed by atoms with Gasteiger partial charge < -0.3 is 0 Å². The van der Waals surface area contributed by atoms with Crippen LogP contribution in [0.2, 0.25) is 0 Å². The van der Waals surface area contributed by atoms with Gasteiger partial charge >= 0.3 is 162 Å². The monoisotopic (exact) mass is 391 g/mol. The molecule has 1 unspecified atom stereocenters. The molecule has 24 heavy (non-hydrogen) atoms. The van der Waals surface area contributed by atoms with Crippen LogP contribution in [0, 0.1) is 12.3 Å². The van der Waals surface area contributed by atoms with E-state index in [4.69, 9.17) is 0 Å². The fourth-order valence-corrected chi connectivity index (χ4v) is 5.44. The summed E-state index contributed by atoms with van der Waals surface area (Å²) in [5.41, 5.74) is 9.46. The first kappa shape index (κ1) is 16.5. The molecule has 1 atom stereocenters. The van der Waals surface area contributed by atoms with E-state index < -0.39 is 0 Å². The summed E-state index contributed by atoms with van der Waals surface area (Å²) in [7, 11) is 0. The Labute approximate surface area is 161 Å². The number of rotatable bonds is 4. The van der Waals surface area contributed by atoms with Gasteiger partial charge in [0, 0.05) is 0 Å². The first-order valence-corrected chi connectivity index (χ1v) is 10.7. The number of fused-ring (bicyclic) bond motifs is 1. The van der Waals surface area contributed by atoms with Gasteiger partial charge in [-0.25, -0.2) is 0 Å². The summed E-state index contributed by atoms with van der Waals surface area (Å²) in [6, 6.07) is 15.9. The van der Waals surface area contributed by atoms with Gasteiger partial charge in [0.15, 0.2) is 0 Å². The van der Waals surface area contributed by atoms with Crippen molar-refractivity contribution in [3.8, 4) is 11.1 Å². The van der Waals surface area contributed by atoms with Crippen LogP contribution < -0.4 is 0 Å². The molecule has 0 aliphatic heterocycles. The predicted molar refractivity (Wildman–Crippen MR) is 98.5 cm³/mol. The zero-order valence-corrected chi connectivity index (χ0v) is 17.2. The topological polar surface area (TPSA) is 0 Å². The first-order valence-electron chi connectivity index (χ1n) is 9.23. The molecular formula is C23H25Zr. The SMILES string of the molecule is CCC1(CC2=Cc3c(-c4ccc(C)cc4)cccc3[CH]2[Zr])CCC1. The van der Waals surface area contributed by atoms with E-state index in [2.05, 4.69) is 62.4 Å². The summed E-state index contributed by atoms with van der Waals surface area (Å²) in [5.74, 6) is 0. The summed E-state index contributed by atoms with van der Waals surface area (Å²) in [4.78, 5) is 0. The Morgan fingerprint density at radius 1 is 1.08 bits per heavy atom. The molecule has 4 rings (SSSR count). The van der Waals surface area contributed by atoms with Crippen LogP contribution >= 0.6 is 0 Å². The molecule has 1 saturated carbocycles. The Morgan fingerprint density at radius 2 is 1.83 bits per heavy atom. The van der Waals surface area contributed by atoms with Gasteiger partial charge in [-0.1, -0.05) is 0 Å². The van der Waals surface area contributed by atoms with Crippen molar-refractivity contribution in [2.75, 3.05) is 0 Å². The number of benzene rings is 2. The molecular weight excluding hydrogens is 367 g/mol. The Balaban J connectivity index is 1.71. The molecule has 0 aromatic heterocycles. The molecule has 0 nitrogen and oxygen atoms in total. The summed E-state index contributed by atoms with van der Waals surface area (Å²) in [5, 5.41) is 0. The van der Waals surface area contributed by atoms with E-state index in [1.807, 2.05) is 0 Å². The first-order chi connectivity index (χ1) is 11.6. The second kappa shape index (κ2) is 6.41. The minimum atomic E-state index is 0.618. The van der Waals surface area contributed by atoms with Crippen LogP contribution in [0.3, 0.4) is 0 Å². The fourth-order valence-electron chi connectivity index (χ4n) is 4.37. The molecule has 2 aliphatic carbocycles. The van der Waals surface area contributed by atoms with E-state index >= 15 is 0 Å². The van der Waals surface area contributed by atoms with Gasteiger partial charge in [0.25, 0.3) is 0 Å². The second-order valence-corrected chi connectivity index (χ2v) is 9.13. The average Bonchev–Trinajstić information content (AvgIpc) is 2.88. The van der Waals surface area contributed by atoms with Crippen LogP contribution in [0.25, 0.3) is 17.2 Å². The molecule has 0 spiro atoms. The maximum absolute atomic E-state index is 2.54. The third kappa shape index (κ3) is 2.80. The van der Waals surface area contributed by atoms with E-state index in [-0.39, 0.29) is 0 Å². The molecule has 2 aromatic carbocycles. The quantitative estimate of drug-likeness (QED) is 0.548. The molecule has 0 bridgehead atoms. The average molecular weight is 393 g/mol. The zero-order valence-electron chi connectivity index (χ0n) is 14.7. The summed E-state index contributed by atoms with van der Waals surface area (Å²) < 4.78 is 0.668. The van der Waals surface area contributed by atoms with Crippen LogP contribution in [-0.2, 0) is 24.7 Å². The minimum absolute atomic E-state index is 0.618. The molecule has 1 heteroatoms. The second-order valence-electron chi connectivity index (χ2n) is 7.71. The van der Waals surface area contributed by atoms with Crippen molar-refractivity contribution in [1.29, 1.82) is 0 Å². The van der Waals surface area contributed by atoms with Crippen molar-refractivity contribution in [3.05, 3.63) is 64.7 Å². The predicted octanol–water partition coefficient (Wildman–Crippen LogP) is 6.62. The molecule has 0 saturated heterocycles. The number of hydrogen-bond acceptors (Lipinski definition) is 0. The molecule has 1 fully saturated rings. The van der Waals surface area contributed by atoms with Gasteiger partial charge in [-0.3, -0.25) is 0 Å². The van der Waals surface area contributed by atoms with Crippen molar-refractivity contribution in [2.24, 2.45) is 5.41 Å². The van der Waals surface area contributed by atoms with Crippen LogP contribution in [0.5, 0.6) is 0 Å². The Kier molecular flexibility index (Phi) is 4.42. The van der Waals surface area contributed by atoms with Crippen LogP contribution in [0.1, 0.15) is 59.3 Å². The number of aryl methyl sites for hydroxylation is 1. The molecule has 0 radical (unpaired) electrons. The Morgan fingerprint density at radius 3 is 2.46 bits per heavy atom. The van der Waals surface area contributed by atoms with Gasteiger partial charge in [0.05, 0.1) is 0 Å². The standard InChI is InChI=1S/C23H25.Zr/c1-3-23(12-5-13-23)16-18-14-20-6-4-7-21(22(20)15-18)19-10-8-17(2)9-11-19;/h4,6-11,14-15H,3,5,12-13,16H2,1-2H3;.